The van der Waals surface area contributed by atoms with E-state index in [-0.39, 0.29) is 29.6 Å². The average Bonchev–Trinajstić information content (AvgIpc) is 3.02. The third-order valence-electron chi connectivity index (χ3n) is 4.01. The smallest absolute Gasteiger partial charge is 0.308 e. The van der Waals surface area contributed by atoms with Crippen LogP contribution >= 0.6 is 23.4 Å². The molecule has 0 atom stereocenters. The summed E-state index contributed by atoms with van der Waals surface area (Å²) in [6.45, 7) is 1.85. The summed E-state index contributed by atoms with van der Waals surface area (Å²) in [4.78, 5) is 17.7. The van der Waals surface area contributed by atoms with Gasteiger partial charge in [-0.25, -0.2) is 4.68 Å². The van der Waals surface area contributed by atoms with Gasteiger partial charge in [0.05, 0.1) is 18.1 Å². The maximum Gasteiger partial charge on any atom is 0.401 e. The van der Waals surface area contributed by atoms with Crippen molar-refractivity contribution in [1.29, 1.82) is 0 Å². The van der Waals surface area contributed by atoms with E-state index < -0.39 is 29.9 Å². The Labute approximate surface area is 177 Å². The van der Waals surface area contributed by atoms with E-state index in [0.717, 1.165) is 0 Å². The molecule has 0 N–H and O–H groups in total. The first-order valence-electron chi connectivity index (χ1n) is 8.62. The van der Waals surface area contributed by atoms with Crippen LogP contribution in [0.4, 0.5) is 32.0 Å². The first kappa shape index (κ1) is 24.3. The fourth-order valence-electron chi connectivity index (χ4n) is 2.50. The number of hydrogen-bond donors (Lipinski definition) is 0. The Kier molecular flexibility index (Phi) is 8.03. The predicted molar refractivity (Wildman–Crippen MR) is 102 cm³/mol. The third-order valence-corrected chi connectivity index (χ3v) is 5.34. The minimum Gasteiger partial charge on any atom is -0.308 e. The maximum absolute atomic E-state index is 12.6. The molecular formula is C17H17ClF6N4OS. The van der Waals surface area contributed by atoms with E-state index in [0.29, 0.717) is 17.4 Å². The topological polar surface area (TPSA) is 51.0 Å². The zero-order chi connectivity index (χ0) is 22.5. The molecule has 0 aromatic carbocycles. The van der Waals surface area contributed by atoms with Crippen molar-refractivity contribution < 1.29 is 31.1 Å². The number of amides is 1. The van der Waals surface area contributed by atoms with Crippen molar-refractivity contribution in [3.63, 3.8) is 0 Å². The number of halogens is 7. The monoisotopic (exact) mass is 474 g/mol. The van der Waals surface area contributed by atoms with E-state index >= 15 is 0 Å². The Hall–Kier alpha value is -1.95. The molecule has 2 rings (SSSR count). The molecule has 0 aliphatic carbocycles. The lowest BCUT2D eigenvalue weighted by atomic mass is 10.1. The highest BCUT2D eigenvalue weighted by Gasteiger charge is 2.56. The third kappa shape index (κ3) is 6.27. The van der Waals surface area contributed by atoms with Crippen LogP contribution in [0.5, 0.6) is 0 Å². The summed E-state index contributed by atoms with van der Waals surface area (Å²) in [6, 6.07) is 3.40. The average molecular weight is 475 g/mol. The van der Waals surface area contributed by atoms with E-state index in [1.54, 1.807) is 25.3 Å². The second kappa shape index (κ2) is 9.90. The van der Waals surface area contributed by atoms with Gasteiger partial charge in [0.15, 0.2) is 11.1 Å². The normalized spacial score (nSPS) is 12.4. The molecule has 2 aromatic heterocycles. The number of carbonyl (C=O) groups is 1. The largest absolute Gasteiger partial charge is 0.401 e. The first-order chi connectivity index (χ1) is 13.9. The Morgan fingerprint density at radius 3 is 2.47 bits per heavy atom. The van der Waals surface area contributed by atoms with Crippen molar-refractivity contribution in [3.05, 3.63) is 35.9 Å². The van der Waals surface area contributed by atoms with Crippen LogP contribution in [0.2, 0.25) is 5.15 Å². The van der Waals surface area contributed by atoms with Crippen molar-refractivity contribution in [2.24, 2.45) is 5.92 Å². The van der Waals surface area contributed by atoms with Gasteiger partial charge in [0, 0.05) is 30.7 Å². The molecule has 166 valence electrons. The molecule has 5 nitrogen and oxygen atoms in total. The zero-order valence-electron chi connectivity index (χ0n) is 15.5. The Balaban J connectivity index is 2.00. The molecule has 0 bridgehead atoms. The number of aromatic nitrogens is 3. The summed E-state index contributed by atoms with van der Waals surface area (Å²) in [7, 11) is 0. The van der Waals surface area contributed by atoms with Gasteiger partial charge < -0.3 is 4.90 Å². The van der Waals surface area contributed by atoms with Crippen LogP contribution in [-0.4, -0.2) is 51.1 Å². The summed E-state index contributed by atoms with van der Waals surface area (Å²) in [5.74, 6) is -5.33. The second-order valence-corrected chi connectivity index (χ2v) is 7.57. The van der Waals surface area contributed by atoms with E-state index in [4.69, 9.17) is 11.6 Å². The summed E-state index contributed by atoms with van der Waals surface area (Å²) in [5, 5.41) is 4.12. The van der Waals surface area contributed by atoms with Gasteiger partial charge in [-0.3, -0.25) is 9.78 Å². The molecule has 0 radical (unpaired) electrons. The number of anilines is 1. The van der Waals surface area contributed by atoms with Crippen LogP contribution in [0.1, 0.15) is 13.3 Å². The summed E-state index contributed by atoms with van der Waals surface area (Å²) in [6.07, 6.45) is -6.44. The van der Waals surface area contributed by atoms with Crippen LogP contribution in [-0.2, 0) is 4.79 Å². The zero-order valence-corrected chi connectivity index (χ0v) is 17.1. The maximum atomic E-state index is 12.6. The highest BCUT2D eigenvalue weighted by atomic mass is 35.5. The number of rotatable bonds is 8. The van der Waals surface area contributed by atoms with Gasteiger partial charge >= 0.3 is 12.4 Å². The molecule has 13 heteroatoms. The molecule has 2 aromatic rings. The van der Waals surface area contributed by atoms with Crippen LogP contribution in [0, 0.1) is 5.92 Å². The van der Waals surface area contributed by atoms with E-state index in [1.165, 1.54) is 22.0 Å². The van der Waals surface area contributed by atoms with Crippen LogP contribution in [0.3, 0.4) is 0 Å². The number of alkyl halides is 6. The van der Waals surface area contributed by atoms with Crippen molar-refractivity contribution in [2.45, 2.75) is 25.7 Å². The Morgan fingerprint density at radius 1 is 1.27 bits per heavy atom. The number of pyridine rings is 1. The van der Waals surface area contributed by atoms with Gasteiger partial charge in [0.1, 0.15) is 5.69 Å². The molecule has 0 aliphatic rings. The van der Waals surface area contributed by atoms with Gasteiger partial charge in [0.25, 0.3) is 0 Å². The SMILES string of the molecule is CCN(C(=O)CCSCC(C(F)(F)F)C(F)(F)F)c1cn(-c2cccnc2)nc1Cl. The van der Waals surface area contributed by atoms with E-state index in [1.807, 2.05) is 0 Å². The molecule has 30 heavy (non-hydrogen) atoms. The molecule has 0 fully saturated rings. The summed E-state index contributed by atoms with van der Waals surface area (Å²) >= 11 is 6.54. The fraction of sp³-hybridized carbons (Fsp3) is 0.471. The van der Waals surface area contributed by atoms with E-state index in [9.17, 15) is 31.1 Å². The van der Waals surface area contributed by atoms with Gasteiger partial charge in [-0.15, -0.1) is 0 Å². The van der Waals surface area contributed by atoms with Crippen molar-refractivity contribution >= 4 is 35.0 Å². The minimum atomic E-state index is -5.39. The van der Waals surface area contributed by atoms with Crippen LogP contribution in [0.15, 0.2) is 30.7 Å². The Morgan fingerprint density at radius 2 is 1.93 bits per heavy atom. The summed E-state index contributed by atoms with van der Waals surface area (Å²) < 4.78 is 76.7. The fourth-order valence-corrected chi connectivity index (χ4v) is 3.83. The van der Waals surface area contributed by atoms with Gasteiger partial charge in [-0.2, -0.15) is 43.2 Å². The lowest BCUT2D eigenvalue weighted by Gasteiger charge is -2.23. The Bertz CT molecular complexity index is 829. The number of carbonyl (C=O) groups excluding carboxylic acids is 1. The van der Waals surface area contributed by atoms with Crippen molar-refractivity contribution in [2.75, 3.05) is 23.0 Å². The van der Waals surface area contributed by atoms with Gasteiger partial charge in [-0.1, -0.05) is 11.6 Å². The number of hydrogen-bond acceptors (Lipinski definition) is 4. The quantitative estimate of drug-likeness (QED) is 0.393. The standard InChI is InChI=1S/C17H17ClF6N4OS/c1-2-27(12-9-28(26-15(12)18)11-4-3-6-25-8-11)14(29)5-7-30-10-13(16(19,20)21)17(22,23)24/h3-4,6,8-9,13H,2,5,7,10H2,1H3. The molecule has 0 spiro atoms. The second-order valence-electron chi connectivity index (χ2n) is 6.06. The molecular weight excluding hydrogens is 458 g/mol. The molecule has 0 saturated carbocycles. The van der Waals surface area contributed by atoms with Gasteiger partial charge in [0.2, 0.25) is 5.91 Å². The highest BCUT2D eigenvalue weighted by Crippen LogP contribution is 2.41. The minimum absolute atomic E-state index is 0.0240. The highest BCUT2D eigenvalue weighted by molar-refractivity contribution is 7.99. The number of nitrogens with zero attached hydrogens (tertiary/aromatic N) is 4. The lowest BCUT2D eigenvalue weighted by Crippen LogP contribution is -2.38. The number of thioether (sulfide) groups is 1. The van der Waals surface area contributed by atoms with Crippen LogP contribution in [0.25, 0.3) is 5.69 Å². The molecule has 1 amide bonds. The predicted octanol–water partition coefficient (Wildman–Crippen LogP) is 5.14. The van der Waals surface area contributed by atoms with E-state index in [2.05, 4.69) is 10.1 Å². The van der Waals surface area contributed by atoms with Crippen molar-refractivity contribution in [3.8, 4) is 5.69 Å². The lowest BCUT2D eigenvalue weighted by molar-refractivity contribution is -0.276. The van der Waals surface area contributed by atoms with Crippen molar-refractivity contribution in [1.82, 2.24) is 14.8 Å². The van der Waals surface area contributed by atoms with Crippen LogP contribution < -0.4 is 4.90 Å². The first-order valence-corrected chi connectivity index (χ1v) is 10.2. The molecule has 2 heterocycles. The summed E-state index contributed by atoms with van der Waals surface area (Å²) in [5.41, 5.74) is 0.872. The molecule has 0 unspecified atom stereocenters. The molecule has 0 aliphatic heterocycles. The molecule has 0 saturated heterocycles. The van der Waals surface area contributed by atoms with Gasteiger partial charge in [-0.05, 0) is 19.1 Å².